The third-order valence-corrected chi connectivity index (χ3v) is 5.54. The summed E-state index contributed by atoms with van der Waals surface area (Å²) in [5.74, 6) is -1.85. The zero-order valence-corrected chi connectivity index (χ0v) is 19.7. The molecule has 0 saturated heterocycles. The Hall–Kier alpha value is -3.72. The van der Waals surface area contributed by atoms with Gasteiger partial charge in [0, 0.05) is 11.9 Å². The number of unbranched alkanes of at least 4 members (excludes halogenated alkanes) is 2. The molecule has 3 N–H and O–H groups in total. The van der Waals surface area contributed by atoms with Gasteiger partial charge in [-0.3, -0.25) is 30.0 Å². The molecule has 3 rings (SSSR count). The van der Waals surface area contributed by atoms with Crippen LogP contribution in [0.2, 0.25) is 5.02 Å². The molecule has 9 nitrogen and oxygen atoms in total. The van der Waals surface area contributed by atoms with Crippen molar-refractivity contribution < 1.29 is 14.4 Å². The largest absolute Gasteiger partial charge is 0.340 e. The molecule has 0 unspecified atom stereocenters. The van der Waals surface area contributed by atoms with Gasteiger partial charge in [0.15, 0.2) is 5.69 Å². The summed E-state index contributed by atoms with van der Waals surface area (Å²) in [7, 11) is 0. The second kappa shape index (κ2) is 11.4. The fourth-order valence-electron chi connectivity index (χ4n) is 3.34. The van der Waals surface area contributed by atoms with Gasteiger partial charge in [0.25, 0.3) is 23.3 Å². The monoisotopic (exact) mass is 483 g/mol. The van der Waals surface area contributed by atoms with Crippen LogP contribution in [0.3, 0.4) is 0 Å². The Morgan fingerprint density at radius 3 is 2.35 bits per heavy atom. The molecule has 3 amide bonds. The van der Waals surface area contributed by atoms with Gasteiger partial charge in [-0.15, -0.1) is 0 Å². The third kappa shape index (κ3) is 5.79. The Bertz CT molecular complexity index is 1270. The number of hydrogen-bond donors (Lipinski definition) is 3. The lowest BCUT2D eigenvalue weighted by Crippen LogP contribution is -2.51. The zero-order chi connectivity index (χ0) is 24.7. The van der Waals surface area contributed by atoms with Crippen LogP contribution in [0, 0.1) is 0 Å². The minimum absolute atomic E-state index is 0.0137. The smallest absolute Gasteiger partial charge is 0.290 e. The van der Waals surface area contributed by atoms with Crippen LogP contribution in [0.25, 0.3) is 10.8 Å². The summed E-state index contributed by atoms with van der Waals surface area (Å²) >= 11 is 6.01. The number of carbonyl (C=O) groups is 3. The maximum absolute atomic E-state index is 12.9. The summed E-state index contributed by atoms with van der Waals surface area (Å²) in [6.07, 6.45) is 2.66. The van der Waals surface area contributed by atoms with Gasteiger partial charge in [0.2, 0.25) is 0 Å². The predicted octanol–water partition coefficient (Wildman–Crippen LogP) is 2.82. The van der Waals surface area contributed by atoms with Gasteiger partial charge in [-0.1, -0.05) is 61.7 Å². The van der Waals surface area contributed by atoms with Crippen molar-refractivity contribution in [2.75, 3.05) is 0 Å². The third-order valence-electron chi connectivity index (χ3n) is 5.21. The van der Waals surface area contributed by atoms with E-state index in [-0.39, 0.29) is 21.8 Å². The lowest BCUT2D eigenvalue weighted by Gasteiger charge is -2.16. The van der Waals surface area contributed by atoms with Crippen molar-refractivity contribution in [3.8, 4) is 0 Å². The Balaban J connectivity index is 1.71. The summed E-state index contributed by atoms with van der Waals surface area (Å²) in [6, 6.07) is 12.2. The summed E-state index contributed by atoms with van der Waals surface area (Å²) < 4.78 is 1.28. The van der Waals surface area contributed by atoms with Crippen LogP contribution in [0.4, 0.5) is 0 Å². The first-order chi connectivity index (χ1) is 16.3. The molecule has 3 aromatic rings. The number of aromatic nitrogens is 2. The van der Waals surface area contributed by atoms with Gasteiger partial charge in [0.05, 0.1) is 16.0 Å². The minimum atomic E-state index is -0.961. The van der Waals surface area contributed by atoms with Crippen molar-refractivity contribution in [3.05, 3.63) is 75.2 Å². The average molecular weight is 484 g/mol. The molecule has 0 aliphatic carbocycles. The number of hydrazine groups is 1. The molecule has 2 aromatic carbocycles. The van der Waals surface area contributed by atoms with E-state index in [0.717, 1.165) is 19.3 Å². The van der Waals surface area contributed by atoms with Crippen molar-refractivity contribution in [1.29, 1.82) is 0 Å². The number of aryl methyl sites for hydroxylation is 1. The van der Waals surface area contributed by atoms with Crippen LogP contribution in [0.1, 0.15) is 54.0 Å². The lowest BCUT2D eigenvalue weighted by atomic mass is 10.1. The van der Waals surface area contributed by atoms with E-state index in [9.17, 15) is 19.2 Å². The van der Waals surface area contributed by atoms with Crippen molar-refractivity contribution >= 4 is 40.1 Å². The van der Waals surface area contributed by atoms with E-state index in [2.05, 4.69) is 28.2 Å². The highest BCUT2D eigenvalue weighted by atomic mass is 35.5. The Morgan fingerprint density at radius 1 is 0.971 bits per heavy atom. The Labute approximate surface area is 201 Å². The van der Waals surface area contributed by atoms with Crippen molar-refractivity contribution in [1.82, 2.24) is 25.9 Å². The van der Waals surface area contributed by atoms with Gasteiger partial charge in [-0.25, -0.2) is 4.68 Å². The molecule has 1 heterocycles. The van der Waals surface area contributed by atoms with Crippen LogP contribution in [-0.4, -0.2) is 33.5 Å². The number of fused-ring (bicyclic) bond motifs is 1. The molecule has 34 heavy (non-hydrogen) atoms. The van der Waals surface area contributed by atoms with Gasteiger partial charge in [0.1, 0.15) is 6.04 Å². The molecule has 0 aliphatic rings. The van der Waals surface area contributed by atoms with Crippen molar-refractivity contribution in [3.63, 3.8) is 0 Å². The minimum Gasteiger partial charge on any atom is -0.340 e. The van der Waals surface area contributed by atoms with Gasteiger partial charge in [-0.05, 0) is 31.5 Å². The number of nitrogens with one attached hydrogen (secondary N) is 3. The van der Waals surface area contributed by atoms with E-state index in [1.807, 2.05) is 0 Å². The molecule has 10 heteroatoms. The number of halogens is 1. The molecule has 1 aromatic heterocycles. The number of nitrogens with zero attached hydrogens (tertiary/aromatic N) is 2. The van der Waals surface area contributed by atoms with Crippen LogP contribution >= 0.6 is 11.6 Å². The Morgan fingerprint density at radius 2 is 1.65 bits per heavy atom. The molecule has 0 spiro atoms. The highest BCUT2D eigenvalue weighted by Gasteiger charge is 2.21. The molecule has 1 atom stereocenters. The molecule has 0 aliphatic heterocycles. The maximum atomic E-state index is 12.9. The van der Waals surface area contributed by atoms with Crippen molar-refractivity contribution in [2.45, 2.75) is 45.7 Å². The molecular weight excluding hydrogens is 458 g/mol. The normalized spacial score (nSPS) is 11.6. The van der Waals surface area contributed by atoms with E-state index in [1.165, 1.54) is 17.7 Å². The number of amides is 3. The fourth-order valence-corrected chi connectivity index (χ4v) is 3.56. The first kappa shape index (κ1) is 24.9. The summed E-state index contributed by atoms with van der Waals surface area (Å²) in [5, 5.41) is 7.78. The number of rotatable bonds is 8. The standard InChI is InChI=1S/C24H26ClN5O4/c1-3-4-9-14-30-24(34)17-11-6-5-10-16(17)20(29-30)23(33)28-27-21(31)15(2)26-22(32)18-12-7-8-13-19(18)25/h5-8,10-13,15H,3-4,9,14H2,1-2H3,(H,26,32)(H,27,31)(H,28,33)/t15-/m0/s1. The van der Waals surface area contributed by atoms with E-state index in [4.69, 9.17) is 11.6 Å². The Kier molecular flexibility index (Phi) is 8.37. The van der Waals surface area contributed by atoms with Gasteiger partial charge in [-0.2, -0.15) is 5.10 Å². The summed E-state index contributed by atoms with van der Waals surface area (Å²) in [5.41, 5.74) is 4.58. The highest BCUT2D eigenvalue weighted by molar-refractivity contribution is 6.33. The summed E-state index contributed by atoms with van der Waals surface area (Å²) in [4.78, 5) is 50.4. The topological polar surface area (TPSA) is 122 Å². The van der Waals surface area contributed by atoms with Crippen LogP contribution in [0.5, 0.6) is 0 Å². The van der Waals surface area contributed by atoms with E-state index in [1.54, 1.807) is 42.5 Å². The van der Waals surface area contributed by atoms with E-state index in [0.29, 0.717) is 17.3 Å². The molecular formula is C24H26ClN5O4. The van der Waals surface area contributed by atoms with E-state index >= 15 is 0 Å². The molecule has 178 valence electrons. The molecule has 0 radical (unpaired) electrons. The van der Waals surface area contributed by atoms with Crippen LogP contribution in [0.15, 0.2) is 53.3 Å². The molecule has 0 fully saturated rings. The lowest BCUT2D eigenvalue weighted by molar-refractivity contribution is -0.123. The molecule has 0 bridgehead atoms. The van der Waals surface area contributed by atoms with Gasteiger partial charge < -0.3 is 5.32 Å². The fraction of sp³-hybridized carbons (Fsp3) is 0.292. The first-order valence-electron chi connectivity index (χ1n) is 11.0. The first-order valence-corrected chi connectivity index (χ1v) is 11.4. The molecule has 0 saturated carbocycles. The predicted molar refractivity (Wildman–Crippen MR) is 130 cm³/mol. The number of hydrogen-bond acceptors (Lipinski definition) is 5. The van der Waals surface area contributed by atoms with Crippen LogP contribution < -0.4 is 21.7 Å². The quantitative estimate of drug-likeness (QED) is 0.336. The number of carbonyl (C=O) groups excluding carboxylic acids is 3. The van der Waals surface area contributed by atoms with E-state index < -0.39 is 23.8 Å². The second-order valence-corrected chi connectivity index (χ2v) is 8.16. The van der Waals surface area contributed by atoms with Gasteiger partial charge >= 0.3 is 0 Å². The second-order valence-electron chi connectivity index (χ2n) is 7.75. The maximum Gasteiger partial charge on any atom is 0.290 e. The van der Waals surface area contributed by atoms with Crippen molar-refractivity contribution in [2.24, 2.45) is 0 Å². The highest BCUT2D eigenvalue weighted by Crippen LogP contribution is 2.15. The zero-order valence-electron chi connectivity index (χ0n) is 18.9. The van der Waals surface area contributed by atoms with Crippen LogP contribution in [-0.2, 0) is 11.3 Å². The average Bonchev–Trinajstić information content (AvgIpc) is 2.84. The number of benzene rings is 2. The SMILES string of the molecule is CCCCCn1nc(C(=O)NNC(=O)[C@H](C)NC(=O)c2ccccc2Cl)c2ccccc2c1=O. The summed E-state index contributed by atoms with van der Waals surface area (Å²) in [6.45, 7) is 3.91.